The van der Waals surface area contributed by atoms with E-state index in [9.17, 15) is 15.2 Å². The van der Waals surface area contributed by atoms with Crippen molar-refractivity contribution in [2.75, 3.05) is 23.3 Å². The summed E-state index contributed by atoms with van der Waals surface area (Å²) < 4.78 is 0. The topological polar surface area (TPSA) is 76.4 Å². The van der Waals surface area contributed by atoms with Crippen LogP contribution in [-0.2, 0) is 4.79 Å². The molecule has 0 atom stereocenters. The minimum Gasteiger partial charge on any atom is -0.393 e. The van der Waals surface area contributed by atoms with Gasteiger partial charge in [0.15, 0.2) is 0 Å². The highest BCUT2D eigenvalue weighted by Gasteiger charge is 2.22. The maximum absolute atomic E-state index is 12.5. The molecule has 1 amide bonds. The van der Waals surface area contributed by atoms with E-state index >= 15 is 0 Å². The van der Waals surface area contributed by atoms with Crippen LogP contribution in [0.25, 0.3) is 0 Å². The van der Waals surface area contributed by atoms with Crippen molar-refractivity contribution < 1.29 is 9.90 Å². The summed E-state index contributed by atoms with van der Waals surface area (Å²) in [6, 6.07) is 7.82. The lowest BCUT2D eigenvalue weighted by atomic mass is 9.99. The maximum Gasteiger partial charge on any atom is 0.227 e. The van der Waals surface area contributed by atoms with E-state index in [0.29, 0.717) is 11.3 Å². The highest BCUT2D eigenvalue weighted by molar-refractivity contribution is 5.93. The first-order valence-electron chi connectivity index (χ1n) is 9.45. The first-order valence-corrected chi connectivity index (χ1v) is 9.45. The first kappa shape index (κ1) is 17.8. The minimum absolute atomic E-state index is 0.0830. The number of piperidine rings is 1. The van der Waals surface area contributed by atoms with Crippen LogP contribution >= 0.6 is 0 Å². The Hall–Kier alpha value is -2.06. The molecule has 0 unspecified atom stereocenters. The summed E-state index contributed by atoms with van der Waals surface area (Å²) in [6.45, 7) is 1.51. The molecule has 0 bridgehead atoms. The number of nitriles is 1. The summed E-state index contributed by atoms with van der Waals surface area (Å²) in [4.78, 5) is 14.7. The summed E-state index contributed by atoms with van der Waals surface area (Å²) in [7, 11) is 0. The van der Waals surface area contributed by atoms with E-state index in [2.05, 4.69) is 16.3 Å². The lowest BCUT2D eigenvalue weighted by molar-refractivity contribution is -0.120. The van der Waals surface area contributed by atoms with E-state index in [4.69, 9.17) is 0 Å². The number of hydrogen-bond donors (Lipinski definition) is 2. The van der Waals surface area contributed by atoms with Crippen molar-refractivity contribution in [2.45, 2.75) is 57.5 Å². The third-order valence-electron chi connectivity index (χ3n) is 5.42. The van der Waals surface area contributed by atoms with Gasteiger partial charge in [0.05, 0.1) is 17.4 Å². The predicted molar refractivity (Wildman–Crippen MR) is 98.4 cm³/mol. The SMILES string of the molecule is N#Cc1cc(NC(=O)C2CCCCCC2)ccc1N1CCC(O)CC1. The molecule has 5 heteroatoms. The van der Waals surface area contributed by atoms with Crippen LogP contribution in [0.15, 0.2) is 18.2 Å². The van der Waals surface area contributed by atoms with Crippen LogP contribution in [0.2, 0.25) is 0 Å². The molecule has 134 valence electrons. The van der Waals surface area contributed by atoms with Crippen LogP contribution < -0.4 is 10.2 Å². The molecular formula is C20H27N3O2. The third kappa shape index (κ3) is 4.52. The van der Waals surface area contributed by atoms with E-state index < -0.39 is 0 Å². The van der Waals surface area contributed by atoms with Gasteiger partial charge in [-0.1, -0.05) is 25.7 Å². The zero-order valence-electron chi connectivity index (χ0n) is 14.7. The normalized spacial score (nSPS) is 19.9. The van der Waals surface area contributed by atoms with Gasteiger partial charge in [-0.3, -0.25) is 4.79 Å². The molecule has 0 radical (unpaired) electrons. The number of aliphatic hydroxyl groups excluding tert-OH is 1. The quantitative estimate of drug-likeness (QED) is 0.826. The van der Waals surface area contributed by atoms with Gasteiger partial charge in [-0.2, -0.15) is 5.26 Å². The third-order valence-corrected chi connectivity index (χ3v) is 5.42. The van der Waals surface area contributed by atoms with Gasteiger partial charge in [-0.25, -0.2) is 0 Å². The number of nitrogens with one attached hydrogen (secondary N) is 1. The Morgan fingerprint density at radius 3 is 2.44 bits per heavy atom. The molecule has 2 aliphatic rings. The smallest absolute Gasteiger partial charge is 0.227 e. The predicted octanol–water partition coefficient (Wildman–Crippen LogP) is 3.43. The Morgan fingerprint density at radius 2 is 1.80 bits per heavy atom. The van der Waals surface area contributed by atoms with Gasteiger partial charge in [0, 0.05) is 24.7 Å². The maximum atomic E-state index is 12.5. The Kier molecular flexibility index (Phi) is 5.93. The fourth-order valence-electron chi connectivity index (χ4n) is 3.87. The number of aliphatic hydroxyl groups is 1. The summed E-state index contributed by atoms with van der Waals surface area (Å²) in [5.41, 5.74) is 2.17. The van der Waals surface area contributed by atoms with Crippen molar-refractivity contribution in [1.82, 2.24) is 0 Å². The Balaban J connectivity index is 1.68. The number of rotatable bonds is 3. The van der Waals surface area contributed by atoms with Crippen molar-refractivity contribution in [3.8, 4) is 6.07 Å². The fourth-order valence-corrected chi connectivity index (χ4v) is 3.87. The molecule has 1 saturated heterocycles. The van der Waals surface area contributed by atoms with Gasteiger partial charge in [-0.05, 0) is 43.9 Å². The van der Waals surface area contributed by atoms with E-state index in [0.717, 1.165) is 57.3 Å². The van der Waals surface area contributed by atoms with Gasteiger partial charge in [0.25, 0.3) is 0 Å². The van der Waals surface area contributed by atoms with Gasteiger partial charge in [0.1, 0.15) is 6.07 Å². The molecule has 5 nitrogen and oxygen atoms in total. The molecule has 0 aromatic heterocycles. The van der Waals surface area contributed by atoms with Gasteiger partial charge in [0.2, 0.25) is 5.91 Å². The van der Waals surface area contributed by atoms with Crippen LogP contribution in [0.4, 0.5) is 11.4 Å². The van der Waals surface area contributed by atoms with Crippen LogP contribution in [0, 0.1) is 17.2 Å². The van der Waals surface area contributed by atoms with Crippen molar-refractivity contribution in [3.63, 3.8) is 0 Å². The van der Waals surface area contributed by atoms with E-state index in [1.54, 1.807) is 6.07 Å². The number of amides is 1. The molecule has 1 saturated carbocycles. The van der Waals surface area contributed by atoms with Crippen LogP contribution in [0.3, 0.4) is 0 Å². The minimum atomic E-state index is -0.236. The monoisotopic (exact) mass is 341 g/mol. The standard InChI is InChI=1S/C20H27N3O2/c21-14-16-13-17(22-20(25)15-5-3-1-2-4-6-15)7-8-19(16)23-11-9-18(24)10-12-23/h7-8,13,15,18,24H,1-6,9-12H2,(H,22,25). The molecule has 1 aromatic carbocycles. The largest absolute Gasteiger partial charge is 0.393 e. The van der Waals surface area contributed by atoms with Crippen molar-refractivity contribution in [2.24, 2.45) is 5.92 Å². The van der Waals surface area contributed by atoms with Crippen molar-refractivity contribution in [3.05, 3.63) is 23.8 Å². The lowest BCUT2D eigenvalue weighted by Crippen LogP contribution is -2.36. The molecule has 2 N–H and O–H groups in total. The summed E-state index contributed by atoms with van der Waals surface area (Å²) >= 11 is 0. The van der Waals surface area contributed by atoms with Gasteiger partial charge < -0.3 is 15.3 Å². The Bertz CT molecular complexity index is 637. The molecule has 1 aliphatic carbocycles. The van der Waals surface area contributed by atoms with Crippen LogP contribution in [0.1, 0.15) is 56.9 Å². The molecule has 1 aromatic rings. The summed E-state index contributed by atoms with van der Waals surface area (Å²) in [6.07, 6.45) is 7.85. The Labute approximate surface area is 149 Å². The first-order chi connectivity index (χ1) is 12.2. The zero-order chi connectivity index (χ0) is 17.6. The number of carbonyl (C=O) groups excluding carboxylic acids is 1. The molecule has 3 rings (SSSR count). The van der Waals surface area contributed by atoms with Crippen molar-refractivity contribution in [1.29, 1.82) is 5.26 Å². The average Bonchev–Trinajstić information content (AvgIpc) is 2.92. The average molecular weight is 341 g/mol. The highest BCUT2D eigenvalue weighted by Crippen LogP contribution is 2.28. The van der Waals surface area contributed by atoms with E-state index in [1.165, 1.54) is 12.8 Å². The lowest BCUT2D eigenvalue weighted by Gasteiger charge is -2.32. The van der Waals surface area contributed by atoms with Crippen LogP contribution in [-0.4, -0.2) is 30.2 Å². The van der Waals surface area contributed by atoms with E-state index in [1.807, 2.05) is 12.1 Å². The van der Waals surface area contributed by atoms with Gasteiger partial charge in [-0.15, -0.1) is 0 Å². The zero-order valence-corrected chi connectivity index (χ0v) is 14.7. The number of nitrogens with zero attached hydrogens (tertiary/aromatic N) is 2. The number of carbonyl (C=O) groups is 1. The molecule has 1 aliphatic heterocycles. The summed E-state index contributed by atoms with van der Waals surface area (Å²) in [5, 5.41) is 22.2. The number of benzene rings is 1. The molecule has 25 heavy (non-hydrogen) atoms. The highest BCUT2D eigenvalue weighted by atomic mass is 16.3. The molecule has 1 heterocycles. The van der Waals surface area contributed by atoms with E-state index in [-0.39, 0.29) is 17.9 Å². The molecular weight excluding hydrogens is 314 g/mol. The summed E-state index contributed by atoms with van der Waals surface area (Å²) in [5.74, 6) is 0.177. The second-order valence-electron chi connectivity index (χ2n) is 7.24. The van der Waals surface area contributed by atoms with Crippen molar-refractivity contribution >= 4 is 17.3 Å². The molecule has 0 spiro atoms. The Morgan fingerprint density at radius 1 is 1.12 bits per heavy atom. The number of hydrogen-bond acceptors (Lipinski definition) is 4. The number of anilines is 2. The van der Waals surface area contributed by atoms with Gasteiger partial charge >= 0.3 is 0 Å². The second kappa shape index (κ2) is 8.35. The van der Waals surface area contributed by atoms with Crippen LogP contribution in [0.5, 0.6) is 0 Å². The second-order valence-corrected chi connectivity index (χ2v) is 7.24. The molecule has 2 fully saturated rings. The fraction of sp³-hybridized carbons (Fsp3) is 0.600.